The van der Waals surface area contributed by atoms with Gasteiger partial charge in [-0.3, -0.25) is 4.79 Å². The molecule has 24 heavy (non-hydrogen) atoms. The molecule has 1 fully saturated rings. The molecule has 1 aliphatic rings. The van der Waals surface area contributed by atoms with Crippen LogP contribution in [0, 0.1) is 0 Å². The van der Waals surface area contributed by atoms with E-state index in [0.29, 0.717) is 6.54 Å². The number of hydrogen-bond donors (Lipinski definition) is 1. The Balaban J connectivity index is 1.68. The normalized spacial score (nSPS) is 19.0. The zero-order chi connectivity index (χ0) is 16.8. The average molecular weight is 324 g/mol. The summed E-state index contributed by atoms with van der Waals surface area (Å²) in [5.74, 6) is -0.456. The van der Waals surface area contributed by atoms with Gasteiger partial charge in [-0.15, -0.1) is 0 Å². The average Bonchev–Trinajstić information content (AvgIpc) is 3.02. The first kappa shape index (κ1) is 16.5. The highest BCUT2D eigenvalue weighted by Crippen LogP contribution is 2.21. The van der Waals surface area contributed by atoms with Crippen molar-refractivity contribution in [1.82, 2.24) is 4.90 Å². The lowest BCUT2D eigenvalue weighted by atomic mass is 9.99. The van der Waals surface area contributed by atoms with Gasteiger partial charge in [0.05, 0.1) is 5.92 Å². The highest BCUT2D eigenvalue weighted by molar-refractivity contribution is 5.79. The zero-order valence-electron chi connectivity index (χ0n) is 14.0. The molecule has 1 saturated heterocycles. The first-order valence-electron chi connectivity index (χ1n) is 8.45. The number of carbonyl (C=O) groups excluding carboxylic acids is 1. The van der Waals surface area contributed by atoms with Gasteiger partial charge in [0, 0.05) is 25.3 Å². The van der Waals surface area contributed by atoms with Crippen LogP contribution < -0.4 is 5.32 Å². The van der Waals surface area contributed by atoms with Gasteiger partial charge >= 0.3 is 5.97 Å². The minimum atomic E-state index is -0.308. The molecule has 1 heterocycles. The van der Waals surface area contributed by atoms with Crippen molar-refractivity contribution in [1.29, 1.82) is 0 Å². The van der Waals surface area contributed by atoms with Crippen LogP contribution in [0.2, 0.25) is 0 Å². The number of ether oxygens (including phenoxy) is 1. The van der Waals surface area contributed by atoms with Gasteiger partial charge in [0.1, 0.15) is 6.10 Å². The minimum Gasteiger partial charge on any atom is -0.460 e. The molecule has 1 N–H and O–H groups in total. The first-order valence-corrected chi connectivity index (χ1v) is 8.45. The third-order valence-corrected chi connectivity index (χ3v) is 4.40. The third kappa shape index (κ3) is 4.36. The molecule has 2 aromatic rings. The Morgan fingerprint density at radius 2 is 1.83 bits per heavy atom. The van der Waals surface area contributed by atoms with Crippen molar-refractivity contribution < 1.29 is 9.53 Å². The number of likely N-dealkylation sites (N-methyl/N-ethyl adjacent to an activating group) is 1. The predicted molar refractivity (Wildman–Crippen MR) is 96.1 cm³/mol. The fraction of sp³-hybridized carbons (Fsp3) is 0.350. The first-order chi connectivity index (χ1) is 11.7. The number of esters is 1. The topological polar surface area (TPSA) is 41.6 Å². The number of likely N-dealkylation sites (tertiary alicyclic amines) is 1. The quantitative estimate of drug-likeness (QED) is 0.829. The van der Waals surface area contributed by atoms with E-state index < -0.39 is 0 Å². The van der Waals surface area contributed by atoms with E-state index in [2.05, 4.69) is 17.3 Å². The smallest absolute Gasteiger partial charge is 0.315 e. The summed E-state index contributed by atoms with van der Waals surface area (Å²) in [7, 11) is 2.06. The van der Waals surface area contributed by atoms with Gasteiger partial charge in [0.2, 0.25) is 0 Å². The van der Waals surface area contributed by atoms with Crippen molar-refractivity contribution in [2.75, 3.05) is 32.0 Å². The number of carbonyl (C=O) groups is 1. The molecule has 4 nitrogen and oxygen atoms in total. The summed E-state index contributed by atoms with van der Waals surface area (Å²) in [6, 6.07) is 19.8. The molecule has 0 spiro atoms. The lowest BCUT2D eigenvalue weighted by Gasteiger charge is -2.20. The Kier molecular flexibility index (Phi) is 5.49. The minimum absolute atomic E-state index is 0.00503. The van der Waals surface area contributed by atoms with Crippen LogP contribution in [-0.2, 0) is 9.53 Å². The van der Waals surface area contributed by atoms with Crippen molar-refractivity contribution in [2.45, 2.75) is 18.4 Å². The maximum absolute atomic E-state index is 12.7. The number of nitrogens with one attached hydrogen (secondary N) is 1. The number of nitrogens with zero attached hydrogens (tertiary/aromatic N) is 1. The van der Waals surface area contributed by atoms with Crippen molar-refractivity contribution in [2.24, 2.45) is 0 Å². The molecule has 2 aromatic carbocycles. The summed E-state index contributed by atoms with van der Waals surface area (Å²) in [6.07, 6.45) is 0.918. The van der Waals surface area contributed by atoms with Crippen LogP contribution >= 0.6 is 0 Å². The van der Waals surface area contributed by atoms with Crippen LogP contribution in [0.3, 0.4) is 0 Å². The highest BCUT2D eigenvalue weighted by Gasteiger charge is 2.28. The summed E-state index contributed by atoms with van der Waals surface area (Å²) < 4.78 is 5.77. The van der Waals surface area contributed by atoms with Crippen LogP contribution in [0.5, 0.6) is 0 Å². The third-order valence-electron chi connectivity index (χ3n) is 4.40. The van der Waals surface area contributed by atoms with Gasteiger partial charge < -0.3 is 15.0 Å². The molecule has 1 aliphatic heterocycles. The van der Waals surface area contributed by atoms with Gasteiger partial charge in [-0.25, -0.2) is 0 Å². The lowest BCUT2D eigenvalue weighted by molar-refractivity contribution is -0.149. The molecule has 2 atom stereocenters. The number of para-hydroxylation sites is 1. The Labute approximate surface area is 143 Å². The van der Waals surface area contributed by atoms with E-state index in [-0.39, 0.29) is 18.0 Å². The summed E-state index contributed by atoms with van der Waals surface area (Å²) in [5.41, 5.74) is 1.99. The molecule has 3 rings (SSSR count). The van der Waals surface area contributed by atoms with E-state index in [1.165, 1.54) is 0 Å². The molecule has 4 heteroatoms. The molecule has 0 bridgehead atoms. The van der Waals surface area contributed by atoms with Crippen LogP contribution in [0.4, 0.5) is 5.69 Å². The molecule has 0 aromatic heterocycles. The van der Waals surface area contributed by atoms with Crippen molar-refractivity contribution >= 4 is 11.7 Å². The van der Waals surface area contributed by atoms with Crippen LogP contribution in [0.1, 0.15) is 17.9 Å². The van der Waals surface area contributed by atoms with E-state index >= 15 is 0 Å². The van der Waals surface area contributed by atoms with Crippen LogP contribution in [0.25, 0.3) is 0 Å². The van der Waals surface area contributed by atoms with Crippen molar-refractivity contribution in [3.05, 3.63) is 66.2 Å². The second kappa shape index (κ2) is 7.97. The molecule has 0 amide bonds. The molecule has 0 saturated carbocycles. The second-order valence-corrected chi connectivity index (χ2v) is 6.32. The van der Waals surface area contributed by atoms with Gasteiger partial charge in [-0.2, -0.15) is 0 Å². The summed E-state index contributed by atoms with van der Waals surface area (Å²) >= 11 is 0. The summed E-state index contributed by atoms with van der Waals surface area (Å²) in [4.78, 5) is 14.9. The number of benzene rings is 2. The maximum atomic E-state index is 12.7. The van der Waals surface area contributed by atoms with E-state index in [9.17, 15) is 4.79 Å². The fourth-order valence-electron chi connectivity index (χ4n) is 3.04. The Bertz CT molecular complexity index is 645. The highest BCUT2D eigenvalue weighted by atomic mass is 16.5. The number of anilines is 1. The maximum Gasteiger partial charge on any atom is 0.315 e. The van der Waals surface area contributed by atoms with Crippen LogP contribution in [0.15, 0.2) is 60.7 Å². The summed E-state index contributed by atoms with van der Waals surface area (Å²) in [5, 5.41) is 3.35. The van der Waals surface area contributed by atoms with E-state index in [1.807, 2.05) is 60.7 Å². The van der Waals surface area contributed by atoms with Crippen LogP contribution in [-0.4, -0.2) is 43.7 Å². The molecular weight excluding hydrogens is 300 g/mol. The molecule has 1 unspecified atom stereocenters. The summed E-state index contributed by atoms with van der Waals surface area (Å²) in [6.45, 7) is 2.32. The number of hydrogen-bond acceptors (Lipinski definition) is 4. The van der Waals surface area contributed by atoms with Gasteiger partial charge in [0.25, 0.3) is 0 Å². The van der Waals surface area contributed by atoms with E-state index in [4.69, 9.17) is 4.74 Å². The monoisotopic (exact) mass is 324 g/mol. The predicted octanol–water partition coefficient (Wildman–Crippen LogP) is 3.13. The van der Waals surface area contributed by atoms with Crippen molar-refractivity contribution in [3.63, 3.8) is 0 Å². The lowest BCUT2D eigenvalue weighted by Crippen LogP contribution is -2.29. The van der Waals surface area contributed by atoms with Gasteiger partial charge in [-0.1, -0.05) is 48.5 Å². The number of rotatable bonds is 6. The fourth-order valence-corrected chi connectivity index (χ4v) is 3.04. The standard InChI is InChI=1S/C20H24N2O2/c1-22-13-12-18(15-22)24-20(23)19(16-8-4-2-5-9-16)14-21-17-10-6-3-7-11-17/h2-11,18-19,21H,12-15H2,1H3/t18-,19?/m1/s1. The Hall–Kier alpha value is -2.33. The van der Waals surface area contributed by atoms with Gasteiger partial charge in [0.15, 0.2) is 0 Å². The Morgan fingerprint density at radius 1 is 1.17 bits per heavy atom. The van der Waals surface area contributed by atoms with Crippen molar-refractivity contribution in [3.8, 4) is 0 Å². The zero-order valence-corrected chi connectivity index (χ0v) is 14.0. The van der Waals surface area contributed by atoms with E-state index in [1.54, 1.807) is 0 Å². The second-order valence-electron chi connectivity index (χ2n) is 6.32. The molecule has 126 valence electrons. The van der Waals surface area contributed by atoms with Gasteiger partial charge in [-0.05, 0) is 31.2 Å². The molecule has 0 radical (unpaired) electrons. The molecule has 0 aliphatic carbocycles. The largest absolute Gasteiger partial charge is 0.460 e. The Morgan fingerprint density at radius 3 is 2.46 bits per heavy atom. The molecular formula is C20H24N2O2. The van der Waals surface area contributed by atoms with E-state index in [0.717, 1.165) is 30.8 Å². The SMILES string of the molecule is CN1CC[C@@H](OC(=O)C(CNc2ccccc2)c2ccccc2)C1.